The minimum atomic E-state index is -0.158. The van der Waals surface area contributed by atoms with E-state index in [9.17, 15) is 4.39 Å². The summed E-state index contributed by atoms with van der Waals surface area (Å²) in [5, 5.41) is 8.77. The molecule has 1 atom stereocenters. The standard InChI is InChI=1S/C38H43FO5/c1-3-7-30-11-8-29(22-38(30)39)26-44-33-15-17-35-34-16-14-32(23-36(34)27(2)37(35)24-33)43-25-28-9-12-31(13-10-28)42-21-5-4-19-41-20-6-18-40/h8-17,22-24,27,40H,3-7,18-21,25-26H2,1-2H3. The van der Waals surface area contributed by atoms with Gasteiger partial charge in [0.05, 0.1) is 6.61 Å². The van der Waals surface area contributed by atoms with Crippen molar-refractivity contribution in [3.63, 3.8) is 0 Å². The molecule has 4 aromatic carbocycles. The number of ether oxygens (including phenoxy) is 4. The maximum Gasteiger partial charge on any atom is 0.126 e. The van der Waals surface area contributed by atoms with Gasteiger partial charge >= 0.3 is 0 Å². The fourth-order valence-corrected chi connectivity index (χ4v) is 5.57. The van der Waals surface area contributed by atoms with E-state index in [4.69, 9.17) is 24.1 Å². The number of halogens is 1. The number of aryl methyl sites for hydroxylation is 1. The van der Waals surface area contributed by atoms with Gasteiger partial charge in [-0.1, -0.05) is 56.7 Å². The predicted octanol–water partition coefficient (Wildman–Crippen LogP) is 8.63. The van der Waals surface area contributed by atoms with Crippen molar-refractivity contribution in [1.82, 2.24) is 0 Å². The van der Waals surface area contributed by atoms with E-state index in [-0.39, 0.29) is 18.3 Å². The number of aliphatic hydroxyl groups excluding tert-OH is 1. The minimum absolute atomic E-state index is 0.158. The normalized spacial score (nSPS) is 13.4. The first-order chi connectivity index (χ1) is 21.6. The first kappa shape index (κ1) is 31.6. The average Bonchev–Trinajstić information content (AvgIpc) is 3.32. The van der Waals surface area contributed by atoms with E-state index in [1.54, 1.807) is 6.07 Å². The molecule has 0 saturated heterocycles. The molecule has 4 aromatic rings. The van der Waals surface area contributed by atoms with Gasteiger partial charge in [0.2, 0.25) is 0 Å². The van der Waals surface area contributed by atoms with Crippen LogP contribution in [0.1, 0.15) is 73.3 Å². The molecule has 5 rings (SSSR count). The van der Waals surface area contributed by atoms with Gasteiger partial charge in [-0.3, -0.25) is 0 Å². The highest BCUT2D eigenvalue weighted by atomic mass is 19.1. The zero-order chi connectivity index (χ0) is 30.7. The molecule has 6 heteroatoms. The number of unbranched alkanes of at least 4 members (excludes halogenated alkanes) is 1. The lowest BCUT2D eigenvalue weighted by Gasteiger charge is -2.12. The average molecular weight is 599 g/mol. The summed E-state index contributed by atoms with van der Waals surface area (Å²) in [5.41, 5.74) is 7.56. The molecule has 0 spiro atoms. The lowest BCUT2D eigenvalue weighted by atomic mass is 9.99. The van der Waals surface area contributed by atoms with Crippen LogP contribution >= 0.6 is 0 Å². The minimum Gasteiger partial charge on any atom is -0.494 e. The van der Waals surface area contributed by atoms with Crippen LogP contribution in [-0.4, -0.2) is 31.5 Å². The van der Waals surface area contributed by atoms with Gasteiger partial charge < -0.3 is 24.1 Å². The first-order valence-electron chi connectivity index (χ1n) is 15.8. The number of hydrogen-bond donors (Lipinski definition) is 1. The van der Waals surface area contributed by atoms with E-state index >= 15 is 0 Å². The van der Waals surface area contributed by atoms with Crippen molar-refractivity contribution in [3.05, 3.63) is 112 Å². The fraction of sp³-hybridized carbons (Fsp3) is 0.368. The molecule has 0 bridgehead atoms. The predicted molar refractivity (Wildman–Crippen MR) is 172 cm³/mol. The largest absolute Gasteiger partial charge is 0.494 e. The van der Waals surface area contributed by atoms with Crippen molar-refractivity contribution >= 4 is 0 Å². The number of hydrogen-bond acceptors (Lipinski definition) is 5. The quantitative estimate of drug-likeness (QED) is 0.123. The van der Waals surface area contributed by atoms with Gasteiger partial charge in [-0.05, 0) is 107 Å². The Balaban J connectivity index is 1.11. The van der Waals surface area contributed by atoms with Gasteiger partial charge in [-0.25, -0.2) is 4.39 Å². The smallest absolute Gasteiger partial charge is 0.126 e. The third-order valence-electron chi connectivity index (χ3n) is 8.04. The van der Waals surface area contributed by atoms with Crippen molar-refractivity contribution in [2.75, 3.05) is 26.4 Å². The van der Waals surface area contributed by atoms with Crippen molar-refractivity contribution in [3.8, 4) is 28.4 Å². The van der Waals surface area contributed by atoms with Crippen molar-refractivity contribution in [2.45, 2.75) is 65.1 Å². The van der Waals surface area contributed by atoms with Crippen LogP contribution in [0.2, 0.25) is 0 Å². The summed E-state index contributed by atoms with van der Waals surface area (Å²) in [5.74, 6) is 2.53. The second kappa shape index (κ2) is 15.7. The summed E-state index contributed by atoms with van der Waals surface area (Å²) >= 11 is 0. The van der Waals surface area contributed by atoms with Crippen molar-refractivity contribution < 1.29 is 28.4 Å². The third-order valence-corrected chi connectivity index (χ3v) is 8.04. The number of fused-ring (bicyclic) bond motifs is 3. The topological polar surface area (TPSA) is 57.2 Å². The second-order valence-corrected chi connectivity index (χ2v) is 11.4. The molecule has 1 aliphatic rings. The molecule has 0 heterocycles. The molecule has 0 saturated carbocycles. The molecule has 0 aliphatic heterocycles. The maximum atomic E-state index is 14.4. The Morgan fingerprint density at radius 1 is 0.659 bits per heavy atom. The zero-order valence-corrected chi connectivity index (χ0v) is 25.8. The number of aliphatic hydroxyl groups is 1. The SMILES string of the molecule is CCCc1ccc(COc2ccc3c(c2)C(C)c2cc(OCc4ccc(OCCCCOCCCO)cc4)ccc2-3)cc1F. The highest BCUT2D eigenvalue weighted by Gasteiger charge is 2.26. The van der Waals surface area contributed by atoms with Gasteiger partial charge in [0, 0.05) is 25.7 Å². The molecule has 1 N–H and O–H groups in total. The van der Waals surface area contributed by atoms with E-state index < -0.39 is 0 Å². The maximum absolute atomic E-state index is 14.4. The Morgan fingerprint density at radius 2 is 1.25 bits per heavy atom. The summed E-state index contributed by atoms with van der Waals surface area (Å²) < 4.78 is 37.9. The van der Waals surface area contributed by atoms with Crippen LogP contribution in [0.15, 0.2) is 78.9 Å². The first-order valence-corrected chi connectivity index (χ1v) is 15.8. The summed E-state index contributed by atoms with van der Waals surface area (Å²) in [7, 11) is 0. The Labute approximate surface area is 260 Å². The van der Waals surface area contributed by atoms with Gasteiger partial charge in [-0.15, -0.1) is 0 Å². The summed E-state index contributed by atoms with van der Waals surface area (Å²) in [6.45, 7) is 7.19. The van der Waals surface area contributed by atoms with Crippen LogP contribution in [0.4, 0.5) is 4.39 Å². The fourth-order valence-electron chi connectivity index (χ4n) is 5.57. The highest BCUT2D eigenvalue weighted by Crippen LogP contribution is 2.47. The second-order valence-electron chi connectivity index (χ2n) is 11.4. The Morgan fingerprint density at radius 3 is 1.89 bits per heavy atom. The molecule has 1 unspecified atom stereocenters. The van der Waals surface area contributed by atoms with Gasteiger partial charge in [0.25, 0.3) is 0 Å². The monoisotopic (exact) mass is 598 g/mol. The molecule has 0 aromatic heterocycles. The molecular weight excluding hydrogens is 555 g/mol. The summed E-state index contributed by atoms with van der Waals surface area (Å²) in [6.07, 6.45) is 4.22. The zero-order valence-electron chi connectivity index (χ0n) is 25.8. The molecule has 5 nitrogen and oxygen atoms in total. The highest BCUT2D eigenvalue weighted by molar-refractivity contribution is 5.80. The van der Waals surface area contributed by atoms with Gasteiger partial charge in [-0.2, -0.15) is 0 Å². The van der Waals surface area contributed by atoms with E-state index in [0.29, 0.717) is 39.5 Å². The van der Waals surface area contributed by atoms with Crippen LogP contribution in [0.5, 0.6) is 17.2 Å². The van der Waals surface area contributed by atoms with Crippen LogP contribution in [0.3, 0.4) is 0 Å². The Kier molecular flexibility index (Phi) is 11.3. The molecule has 0 radical (unpaired) electrons. The molecule has 44 heavy (non-hydrogen) atoms. The summed E-state index contributed by atoms with van der Waals surface area (Å²) in [6, 6.07) is 26.0. The van der Waals surface area contributed by atoms with Crippen molar-refractivity contribution in [1.29, 1.82) is 0 Å². The van der Waals surface area contributed by atoms with E-state index in [2.05, 4.69) is 38.1 Å². The van der Waals surface area contributed by atoms with Crippen LogP contribution in [0.25, 0.3) is 11.1 Å². The number of rotatable bonds is 17. The summed E-state index contributed by atoms with van der Waals surface area (Å²) in [4.78, 5) is 0. The molecule has 1 aliphatic carbocycles. The van der Waals surface area contributed by atoms with Crippen molar-refractivity contribution in [2.24, 2.45) is 0 Å². The van der Waals surface area contributed by atoms with Gasteiger partial charge in [0.15, 0.2) is 0 Å². The molecule has 0 amide bonds. The lowest BCUT2D eigenvalue weighted by Crippen LogP contribution is -2.03. The third kappa shape index (κ3) is 8.19. The van der Waals surface area contributed by atoms with E-state index in [1.165, 1.54) is 22.3 Å². The van der Waals surface area contributed by atoms with E-state index in [0.717, 1.165) is 59.6 Å². The van der Waals surface area contributed by atoms with Crippen LogP contribution in [-0.2, 0) is 24.4 Å². The van der Waals surface area contributed by atoms with E-state index in [1.807, 2.05) is 48.5 Å². The van der Waals surface area contributed by atoms with Gasteiger partial charge in [0.1, 0.15) is 36.3 Å². The Bertz CT molecular complexity index is 1500. The van der Waals surface area contributed by atoms with Crippen LogP contribution in [0, 0.1) is 5.82 Å². The Hall–Kier alpha value is -3.87. The molecule has 0 fully saturated rings. The number of benzene rings is 4. The molecule has 232 valence electrons. The lowest BCUT2D eigenvalue weighted by molar-refractivity contribution is 0.110. The van der Waals surface area contributed by atoms with Crippen LogP contribution < -0.4 is 14.2 Å². The molecular formula is C38H43FO5.